The van der Waals surface area contributed by atoms with E-state index in [0.29, 0.717) is 11.4 Å². The smallest absolute Gasteiger partial charge is 0.132 e. The van der Waals surface area contributed by atoms with Gasteiger partial charge in [0, 0.05) is 17.3 Å². The molecule has 2 aromatic heterocycles. The number of benzene rings is 1. The normalized spacial score (nSPS) is 10.8. The number of para-hydroxylation sites is 1. The Morgan fingerprint density at radius 3 is 2.94 bits per heavy atom. The summed E-state index contributed by atoms with van der Waals surface area (Å²) < 4.78 is 0. The Hall–Kier alpha value is -2.43. The predicted molar refractivity (Wildman–Crippen MR) is 63.4 cm³/mol. The molecule has 0 amide bonds. The topological polar surface area (TPSA) is 74.4 Å². The van der Waals surface area contributed by atoms with Crippen molar-refractivity contribution in [2.45, 2.75) is 6.42 Å². The van der Waals surface area contributed by atoms with E-state index in [9.17, 15) is 4.79 Å². The first-order valence-electron chi connectivity index (χ1n) is 5.30. The summed E-state index contributed by atoms with van der Waals surface area (Å²) in [6.45, 7) is 0. The van der Waals surface area contributed by atoms with Crippen molar-refractivity contribution in [2.75, 3.05) is 0 Å². The Morgan fingerprint density at radius 1 is 1.24 bits per heavy atom. The lowest BCUT2D eigenvalue weighted by Crippen LogP contribution is -1.90. The van der Waals surface area contributed by atoms with Gasteiger partial charge in [-0.2, -0.15) is 15.4 Å². The minimum Gasteiger partial charge on any atom is -0.353 e. The van der Waals surface area contributed by atoms with E-state index in [1.165, 1.54) is 0 Å². The Morgan fingerprint density at radius 2 is 2.12 bits per heavy atom. The van der Waals surface area contributed by atoms with E-state index in [1.54, 1.807) is 0 Å². The molecule has 0 atom stereocenters. The van der Waals surface area contributed by atoms with E-state index in [0.717, 1.165) is 22.9 Å². The van der Waals surface area contributed by atoms with Crippen LogP contribution in [0.2, 0.25) is 0 Å². The van der Waals surface area contributed by atoms with Crippen LogP contribution in [-0.2, 0) is 11.2 Å². The van der Waals surface area contributed by atoms with Crippen molar-refractivity contribution in [3.8, 4) is 11.4 Å². The molecule has 17 heavy (non-hydrogen) atoms. The number of aldehydes is 1. The number of carbonyl (C=O) groups is 1. The summed E-state index contributed by atoms with van der Waals surface area (Å²) >= 11 is 0. The Bertz CT molecular complexity index is 635. The van der Waals surface area contributed by atoms with Crippen LogP contribution in [0.15, 0.2) is 30.3 Å². The number of hydrogen-bond donors (Lipinski definition) is 2. The van der Waals surface area contributed by atoms with Crippen LogP contribution >= 0.6 is 0 Å². The number of H-pyrrole nitrogens is 2. The van der Waals surface area contributed by atoms with E-state index in [-0.39, 0.29) is 6.42 Å². The molecule has 0 aliphatic heterocycles. The van der Waals surface area contributed by atoms with Gasteiger partial charge < -0.3 is 9.78 Å². The molecule has 2 heterocycles. The van der Waals surface area contributed by atoms with Crippen LogP contribution in [0.1, 0.15) is 5.69 Å². The molecule has 0 spiro atoms. The van der Waals surface area contributed by atoms with Crippen LogP contribution in [0.5, 0.6) is 0 Å². The average Bonchev–Trinajstić information content (AvgIpc) is 2.94. The van der Waals surface area contributed by atoms with Crippen LogP contribution in [0.3, 0.4) is 0 Å². The quantitative estimate of drug-likeness (QED) is 0.667. The van der Waals surface area contributed by atoms with Crippen molar-refractivity contribution in [1.82, 2.24) is 20.4 Å². The largest absolute Gasteiger partial charge is 0.353 e. The van der Waals surface area contributed by atoms with E-state index >= 15 is 0 Å². The number of nitrogens with one attached hydrogen (secondary N) is 2. The molecule has 0 unspecified atom stereocenters. The Labute approximate surface area is 96.9 Å². The molecule has 0 saturated carbocycles. The van der Waals surface area contributed by atoms with Crippen molar-refractivity contribution in [1.29, 1.82) is 0 Å². The summed E-state index contributed by atoms with van der Waals surface area (Å²) in [6, 6.07) is 9.97. The van der Waals surface area contributed by atoms with Crippen LogP contribution < -0.4 is 0 Å². The molecule has 3 rings (SSSR count). The van der Waals surface area contributed by atoms with Crippen molar-refractivity contribution < 1.29 is 4.79 Å². The van der Waals surface area contributed by atoms with Gasteiger partial charge in [-0.1, -0.05) is 18.2 Å². The highest BCUT2D eigenvalue weighted by Gasteiger charge is 2.11. The highest BCUT2D eigenvalue weighted by molar-refractivity contribution is 5.85. The molecular formula is C12H10N4O. The maximum absolute atomic E-state index is 10.5. The zero-order valence-corrected chi connectivity index (χ0v) is 8.97. The molecule has 0 radical (unpaired) electrons. The second kappa shape index (κ2) is 3.86. The second-order valence-corrected chi connectivity index (χ2v) is 3.76. The molecule has 0 aliphatic rings. The SMILES string of the molecule is O=CCc1n[nH]nc1-c1cc2ccccc2[nH]1. The lowest BCUT2D eigenvalue weighted by molar-refractivity contribution is -0.107. The molecule has 2 N–H and O–H groups in total. The van der Waals surface area contributed by atoms with Gasteiger partial charge in [0.05, 0.1) is 11.4 Å². The van der Waals surface area contributed by atoms with Crippen LogP contribution in [0.25, 0.3) is 22.3 Å². The second-order valence-electron chi connectivity index (χ2n) is 3.76. The lowest BCUT2D eigenvalue weighted by Gasteiger charge is -1.92. The predicted octanol–water partition coefficient (Wildman–Crippen LogP) is 1.69. The number of carbonyl (C=O) groups excluding carboxylic acids is 1. The van der Waals surface area contributed by atoms with Gasteiger partial charge in [0.25, 0.3) is 0 Å². The van der Waals surface area contributed by atoms with Gasteiger partial charge in [0.2, 0.25) is 0 Å². The molecule has 0 aliphatic carbocycles. The third kappa shape index (κ3) is 1.61. The molecule has 1 aromatic carbocycles. The van der Waals surface area contributed by atoms with E-state index in [2.05, 4.69) is 20.4 Å². The summed E-state index contributed by atoms with van der Waals surface area (Å²) in [5.41, 5.74) is 3.28. The fourth-order valence-electron chi connectivity index (χ4n) is 1.89. The van der Waals surface area contributed by atoms with Crippen LogP contribution in [0, 0.1) is 0 Å². The molecule has 84 valence electrons. The first-order chi connectivity index (χ1) is 8.38. The molecule has 5 nitrogen and oxygen atoms in total. The van der Waals surface area contributed by atoms with Crippen LogP contribution in [0.4, 0.5) is 0 Å². The zero-order valence-electron chi connectivity index (χ0n) is 8.97. The van der Waals surface area contributed by atoms with Crippen molar-refractivity contribution >= 4 is 17.2 Å². The first kappa shape index (κ1) is 9.77. The summed E-state index contributed by atoms with van der Waals surface area (Å²) in [5.74, 6) is 0. The zero-order chi connectivity index (χ0) is 11.7. The minimum atomic E-state index is 0.265. The molecular weight excluding hydrogens is 216 g/mol. The molecule has 5 heteroatoms. The van der Waals surface area contributed by atoms with Gasteiger partial charge >= 0.3 is 0 Å². The third-order valence-corrected chi connectivity index (χ3v) is 2.68. The van der Waals surface area contributed by atoms with Gasteiger partial charge in [-0.15, -0.1) is 0 Å². The third-order valence-electron chi connectivity index (χ3n) is 2.68. The fraction of sp³-hybridized carbons (Fsp3) is 0.0833. The number of hydrogen-bond acceptors (Lipinski definition) is 3. The van der Waals surface area contributed by atoms with Crippen LogP contribution in [-0.4, -0.2) is 26.7 Å². The maximum atomic E-state index is 10.5. The molecule has 0 bridgehead atoms. The van der Waals surface area contributed by atoms with Gasteiger partial charge in [0.15, 0.2) is 0 Å². The Kier molecular flexibility index (Phi) is 2.22. The van der Waals surface area contributed by atoms with E-state index < -0.39 is 0 Å². The summed E-state index contributed by atoms with van der Waals surface area (Å²) in [4.78, 5) is 13.8. The monoisotopic (exact) mass is 226 g/mol. The van der Waals surface area contributed by atoms with E-state index in [1.807, 2.05) is 30.3 Å². The van der Waals surface area contributed by atoms with Gasteiger partial charge in [-0.05, 0) is 12.1 Å². The average molecular weight is 226 g/mol. The first-order valence-corrected chi connectivity index (χ1v) is 5.30. The fourth-order valence-corrected chi connectivity index (χ4v) is 1.89. The van der Waals surface area contributed by atoms with Gasteiger partial charge in [-0.25, -0.2) is 0 Å². The minimum absolute atomic E-state index is 0.265. The van der Waals surface area contributed by atoms with Gasteiger partial charge in [-0.3, -0.25) is 0 Å². The molecule has 0 saturated heterocycles. The molecule has 0 fully saturated rings. The number of nitrogens with zero attached hydrogens (tertiary/aromatic N) is 2. The summed E-state index contributed by atoms with van der Waals surface area (Å²) in [7, 11) is 0. The summed E-state index contributed by atoms with van der Waals surface area (Å²) in [5, 5.41) is 11.7. The van der Waals surface area contributed by atoms with Crippen molar-refractivity contribution in [3.05, 3.63) is 36.0 Å². The molecule has 3 aromatic rings. The highest BCUT2D eigenvalue weighted by Crippen LogP contribution is 2.23. The number of aromatic nitrogens is 4. The number of rotatable bonds is 3. The van der Waals surface area contributed by atoms with Crippen molar-refractivity contribution in [2.24, 2.45) is 0 Å². The highest BCUT2D eigenvalue weighted by atomic mass is 16.1. The lowest BCUT2D eigenvalue weighted by atomic mass is 10.2. The van der Waals surface area contributed by atoms with E-state index in [4.69, 9.17) is 0 Å². The summed E-state index contributed by atoms with van der Waals surface area (Å²) in [6.07, 6.45) is 1.09. The maximum Gasteiger partial charge on any atom is 0.132 e. The number of aromatic amines is 2. The standard InChI is InChI=1S/C12H10N4O/c17-6-5-10-12(15-16-14-10)11-7-8-3-1-2-4-9(8)13-11/h1-4,6-7,13H,5H2,(H,14,15,16). The number of fused-ring (bicyclic) bond motifs is 1. The van der Waals surface area contributed by atoms with Gasteiger partial charge in [0.1, 0.15) is 12.0 Å². The van der Waals surface area contributed by atoms with Crippen molar-refractivity contribution in [3.63, 3.8) is 0 Å². The Balaban J connectivity index is 2.13.